The molecule has 1 aliphatic rings. The number of benzene rings is 1. The van der Waals surface area contributed by atoms with E-state index in [1.807, 2.05) is 32.0 Å². The van der Waals surface area contributed by atoms with Gasteiger partial charge in [0.1, 0.15) is 0 Å². The van der Waals surface area contributed by atoms with Crippen molar-refractivity contribution in [2.24, 2.45) is 0 Å². The molecule has 1 aromatic carbocycles. The second-order valence-corrected chi connectivity index (χ2v) is 9.53. The van der Waals surface area contributed by atoms with Crippen LogP contribution in [0.3, 0.4) is 0 Å². The van der Waals surface area contributed by atoms with Crippen molar-refractivity contribution in [1.82, 2.24) is 15.5 Å². The van der Waals surface area contributed by atoms with Crippen molar-refractivity contribution in [1.29, 1.82) is 0 Å². The van der Waals surface area contributed by atoms with Gasteiger partial charge in [0.25, 0.3) is 0 Å². The fourth-order valence-corrected chi connectivity index (χ4v) is 5.11. The predicted molar refractivity (Wildman–Crippen MR) is 105 cm³/mol. The van der Waals surface area contributed by atoms with Crippen LogP contribution in [0.5, 0.6) is 11.5 Å². The normalized spacial score (nSPS) is 13.5. The van der Waals surface area contributed by atoms with Crippen molar-refractivity contribution < 1.29 is 14.3 Å². The van der Waals surface area contributed by atoms with Crippen LogP contribution in [-0.4, -0.2) is 33.9 Å². The highest BCUT2D eigenvalue weighted by Crippen LogP contribution is 2.33. The molecule has 2 aromatic rings. The van der Waals surface area contributed by atoms with Crippen LogP contribution in [0.2, 0.25) is 0 Å². The highest BCUT2D eigenvalue weighted by molar-refractivity contribution is 8.04. The smallest absolute Gasteiger partial charge is 0.233 e. The maximum absolute atomic E-state index is 12.3. The number of rotatable bonds is 8. The highest BCUT2D eigenvalue weighted by atomic mass is 32.2. The summed E-state index contributed by atoms with van der Waals surface area (Å²) in [6.07, 6.45) is 0. The summed E-state index contributed by atoms with van der Waals surface area (Å²) in [4.78, 5) is 12.3. The molecular formula is C17H19N3O3S3. The molecule has 3 rings (SSSR count). The molecule has 0 unspecified atom stereocenters. The standard InChI is InChI=1S/C17H19N3O3S3/c1-10(2)8-24-16-19-20-17(26-16)25-11(3)15(21)18-7-12-4-5-13-14(6-12)23-9-22-13/h4-6,11H,1,7-9H2,2-3H3,(H,18,21)/t11-/m0/s1. The van der Waals surface area contributed by atoms with E-state index < -0.39 is 0 Å². The molecule has 2 heterocycles. The molecule has 1 N–H and O–H groups in total. The maximum Gasteiger partial charge on any atom is 0.233 e. The lowest BCUT2D eigenvalue weighted by molar-refractivity contribution is -0.120. The average Bonchev–Trinajstić information content (AvgIpc) is 3.26. The van der Waals surface area contributed by atoms with E-state index >= 15 is 0 Å². The quantitative estimate of drug-likeness (QED) is 0.526. The molecule has 9 heteroatoms. The minimum Gasteiger partial charge on any atom is -0.454 e. The van der Waals surface area contributed by atoms with Gasteiger partial charge in [-0.25, -0.2) is 0 Å². The van der Waals surface area contributed by atoms with Crippen molar-refractivity contribution in [3.8, 4) is 11.5 Å². The summed E-state index contributed by atoms with van der Waals surface area (Å²) in [7, 11) is 0. The number of amides is 1. The van der Waals surface area contributed by atoms with E-state index in [1.54, 1.807) is 11.8 Å². The molecule has 1 aromatic heterocycles. The molecule has 26 heavy (non-hydrogen) atoms. The van der Waals surface area contributed by atoms with Gasteiger partial charge in [-0.15, -0.1) is 10.2 Å². The van der Waals surface area contributed by atoms with Crippen LogP contribution in [-0.2, 0) is 11.3 Å². The third-order valence-corrected chi connectivity index (χ3v) is 6.85. The van der Waals surface area contributed by atoms with Crippen molar-refractivity contribution in [3.63, 3.8) is 0 Å². The summed E-state index contributed by atoms with van der Waals surface area (Å²) in [6.45, 7) is 8.41. The zero-order valence-electron chi connectivity index (χ0n) is 14.5. The van der Waals surface area contributed by atoms with Crippen LogP contribution in [0.4, 0.5) is 0 Å². The van der Waals surface area contributed by atoms with Gasteiger partial charge in [0.05, 0.1) is 5.25 Å². The molecule has 0 fully saturated rings. The predicted octanol–water partition coefficient (Wildman–Crippen LogP) is 3.73. The van der Waals surface area contributed by atoms with Gasteiger partial charge < -0.3 is 14.8 Å². The van der Waals surface area contributed by atoms with E-state index in [1.165, 1.54) is 23.1 Å². The summed E-state index contributed by atoms with van der Waals surface area (Å²) >= 11 is 4.53. The zero-order valence-corrected chi connectivity index (χ0v) is 16.9. The third kappa shape index (κ3) is 5.15. The van der Waals surface area contributed by atoms with Crippen LogP contribution in [0, 0.1) is 0 Å². The molecule has 0 radical (unpaired) electrons. The number of hydrogen-bond donors (Lipinski definition) is 1. The summed E-state index contributed by atoms with van der Waals surface area (Å²) in [6, 6.07) is 5.66. The second-order valence-electron chi connectivity index (χ2n) is 5.75. The molecule has 6 nitrogen and oxygen atoms in total. The number of nitrogens with zero attached hydrogens (tertiary/aromatic N) is 2. The van der Waals surface area contributed by atoms with Crippen molar-refractivity contribution >= 4 is 40.8 Å². The summed E-state index contributed by atoms with van der Waals surface area (Å²) in [5.74, 6) is 2.23. The Morgan fingerprint density at radius 2 is 2.12 bits per heavy atom. The van der Waals surface area contributed by atoms with Crippen molar-refractivity contribution in [2.75, 3.05) is 12.5 Å². The number of carbonyl (C=O) groups is 1. The Balaban J connectivity index is 1.48. The number of ether oxygens (including phenoxy) is 2. The lowest BCUT2D eigenvalue weighted by Gasteiger charge is -2.10. The summed E-state index contributed by atoms with van der Waals surface area (Å²) in [5, 5.41) is 11.0. The SMILES string of the molecule is C=C(C)CSc1nnc(S[C@@H](C)C(=O)NCc2ccc3c(c2)OCO3)s1. The minimum atomic E-state index is -0.254. The number of nitrogens with one attached hydrogen (secondary N) is 1. The van der Waals surface area contributed by atoms with Gasteiger partial charge in [0, 0.05) is 12.3 Å². The number of aromatic nitrogens is 2. The monoisotopic (exact) mass is 409 g/mol. The average molecular weight is 410 g/mol. The van der Waals surface area contributed by atoms with Gasteiger partial charge in [-0.05, 0) is 31.5 Å². The van der Waals surface area contributed by atoms with Crippen molar-refractivity contribution in [2.45, 2.75) is 34.3 Å². The number of fused-ring (bicyclic) bond motifs is 1. The van der Waals surface area contributed by atoms with E-state index in [0.29, 0.717) is 12.3 Å². The van der Waals surface area contributed by atoms with Gasteiger partial charge in [-0.2, -0.15) is 0 Å². The Hall–Kier alpha value is -1.71. The molecule has 0 spiro atoms. The Morgan fingerprint density at radius 3 is 2.92 bits per heavy atom. The summed E-state index contributed by atoms with van der Waals surface area (Å²) in [5.41, 5.74) is 2.06. The van der Waals surface area contributed by atoms with E-state index in [2.05, 4.69) is 22.1 Å². The fraction of sp³-hybridized carbons (Fsp3) is 0.353. The number of thioether (sulfide) groups is 2. The van der Waals surface area contributed by atoms with Crippen LogP contribution >= 0.6 is 34.9 Å². The largest absolute Gasteiger partial charge is 0.454 e. The first-order valence-corrected chi connectivity index (χ1v) is 10.6. The molecule has 0 saturated carbocycles. The number of carbonyl (C=O) groups excluding carboxylic acids is 1. The van der Waals surface area contributed by atoms with Gasteiger partial charge in [-0.3, -0.25) is 4.79 Å². The van der Waals surface area contributed by atoms with Gasteiger partial charge in [0.2, 0.25) is 12.7 Å². The highest BCUT2D eigenvalue weighted by Gasteiger charge is 2.18. The molecule has 0 bridgehead atoms. The van der Waals surface area contributed by atoms with E-state index in [4.69, 9.17) is 9.47 Å². The molecule has 0 saturated heterocycles. The maximum atomic E-state index is 12.3. The Labute approximate surface area is 164 Å². The molecule has 1 aliphatic heterocycles. The van der Waals surface area contributed by atoms with Crippen LogP contribution in [0.25, 0.3) is 0 Å². The van der Waals surface area contributed by atoms with Crippen molar-refractivity contribution in [3.05, 3.63) is 35.9 Å². The van der Waals surface area contributed by atoms with Crippen LogP contribution in [0.1, 0.15) is 19.4 Å². The Morgan fingerprint density at radius 1 is 1.35 bits per heavy atom. The minimum absolute atomic E-state index is 0.0426. The third-order valence-electron chi connectivity index (χ3n) is 3.38. The lowest BCUT2D eigenvalue weighted by atomic mass is 10.2. The van der Waals surface area contributed by atoms with Crippen LogP contribution < -0.4 is 14.8 Å². The first kappa shape index (κ1) is 19.1. The van der Waals surface area contributed by atoms with E-state index in [-0.39, 0.29) is 18.0 Å². The molecular weight excluding hydrogens is 390 g/mol. The molecule has 1 atom stereocenters. The number of hydrogen-bond acceptors (Lipinski definition) is 8. The first-order chi connectivity index (χ1) is 12.5. The van der Waals surface area contributed by atoms with Gasteiger partial charge in [0.15, 0.2) is 20.2 Å². The Kier molecular flexibility index (Phi) is 6.44. The first-order valence-electron chi connectivity index (χ1n) is 7.95. The van der Waals surface area contributed by atoms with E-state index in [9.17, 15) is 4.79 Å². The van der Waals surface area contributed by atoms with E-state index in [0.717, 1.165) is 31.3 Å². The molecule has 0 aliphatic carbocycles. The lowest BCUT2D eigenvalue weighted by Crippen LogP contribution is -2.30. The second kappa shape index (κ2) is 8.79. The topological polar surface area (TPSA) is 73.3 Å². The van der Waals surface area contributed by atoms with Crippen LogP contribution in [0.15, 0.2) is 39.0 Å². The molecule has 1 amide bonds. The molecule has 138 valence electrons. The van der Waals surface area contributed by atoms with Gasteiger partial charge >= 0.3 is 0 Å². The fourth-order valence-electron chi connectivity index (χ4n) is 2.08. The summed E-state index contributed by atoms with van der Waals surface area (Å²) < 4.78 is 12.3. The zero-order chi connectivity index (χ0) is 18.5. The Bertz CT molecular complexity index is 810. The van der Waals surface area contributed by atoms with Gasteiger partial charge in [-0.1, -0.05) is 53.1 Å².